The van der Waals surface area contributed by atoms with Crippen LogP contribution in [0.15, 0.2) is 36.9 Å². The van der Waals surface area contributed by atoms with Crippen molar-refractivity contribution in [2.75, 3.05) is 6.61 Å². The maximum absolute atomic E-state index is 10.5. The molecule has 84 valence electrons. The Balaban J connectivity index is 2.88. The summed E-state index contributed by atoms with van der Waals surface area (Å²) >= 11 is 5.16. The van der Waals surface area contributed by atoms with Crippen molar-refractivity contribution in [1.29, 1.82) is 0 Å². The van der Waals surface area contributed by atoms with Crippen molar-refractivity contribution in [1.82, 2.24) is 0 Å². The van der Waals surface area contributed by atoms with Crippen LogP contribution in [0.25, 0.3) is 6.08 Å². The van der Waals surface area contributed by atoms with Crippen LogP contribution in [0.4, 0.5) is 0 Å². The normalized spacial score (nSPS) is 10.3. The van der Waals surface area contributed by atoms with Gasteiger partial charge in [0.15, 0.2) is 11.5 Å². The van der Waals surface area contributed by atoms with E-state index in [0.717, 1.165) is 0 Å². The first kappa shape index (κ1) is 12.3. The maximum atomic E-state index is 10.5. The number of rotatable bonds is 5. The van der Waals surface area contributed by atoms with Crippen LogP contribution in [0.2, 0.25) is 0 Å². The van der Waals surface area contributed by atoms with Gasteiger partial charge in [0.2, 0.25) is 5.24 Å². The predicted octanol–water partition coefficient (Wildman–Crippen LogP) is 2.74. The fourth-order valence-electron chi connectivity index (χ4n) is 1.06. The van der Waals surface area contributed by atoms with Crippen LogP contribution in [0.5, 0.6) is 11.5 Å². The summed E-state index contributed by atoms with van der Waals surface area (Å²) < 4.78 is 5.21. The fourth-order valence-corrected chi connectivity index (χ4v) is 1.12. The summed E-state index contributed by atoms with van der Waals surface area (Å²) in [6.07, 6.45) is 4.34. The van der Waals surface area contributed by atoms with Crippen LogP contribution in [0.3, 0.4) is 0 Å². The predicted molar refractivity (Wildman–Crippen MR) is 63.7 cm³/mol. The van der Waals surface area contributed by atoms with Gasteiger partial charge in [-0.1, -0.05) is 24.8 Å². The molecule has 16 heavy (non-hydrogen) atoms. The number of allylic oxidation sites excluding steroid dienone is 1. The van der Waals surface area contributed by atoms with Gasteiger partial charge in [-0.15, -0.1) is 0 Å². The highest BCUT2D eigenvalue weighted by Gasteiger charge is 2.01. The summed E-state index contributed by atoms with van der Waals surface area (Å²) in [5, 5.41) is 8.91. The van der Waals surface area contributed by atoms with Crippen molar-refractivity contribution in [3.8, 4) is 11.5 Å². The van der Waals surface area contributed by atoms with Gasteiger partial charge in [-0.3, -0.25) is 4.79 Å². The molecule has 1 rings (SSSR count). The van der Waals surface area contributed by atoms with Gasteiger partial charge in [0, 0.05) is 0 Å². The number of phenols is 1. The van der Waals surface area contributed by atoms with E-state index in [1.54, 1.807) is 18.2 Å². The third-order valence-electron chi connectivity index (χ3n) is 1.75. The van der Waals surface area contributed by atoms with E-state index in [1.165, 1.54) is 18.2 Å². The molecule has 0 aromatic heterocycles. The number of carbonyl (C=O) groups is 1. The monoisotopic (exact) mass is 238 g/mol. The van der Waals surface area contributed by atoms with Crippen molar-refractivity contribution in [2.45, 2.75) is 0 Å². The third kappa shape index (κ3) is 3.79. The largest absolute Gasteiger partial charge is 0.504 e. The standard InChI is InChI=1S/C12H11ClO3/c1-2-7-16-11-8-9(3-5-10(11)14)4-6-12(13)15/h2-6,8,14H,1,7H2. The average molecular weight is 239 g/mol. The molecule has 0 aliphatic rings. The zero-order valence-corrected chi connectivity index (χ0v) is 9.28. The summed E-state index contributed by atoms with van der Waals surface area (Å²) in [4.78, 5) is 10.5. The lowest BCUT2D eigenvalue weighted by Crippen LogP contribution is -1.93. The first-order valence-electron chi connectivity index (χ1n) is 4.57. The molecule has 0 heterocycles. The highest BCUT2D eigenvalue weighted by Crippen LogP contribution is 2.27. The van der Waals surface area contributed by atoms with Crippen LogP contribution in [0.1, 0.15) is 5.56 Å². The van der Waals surface area contributed by atoms with E-state index in [2.05, 4.69) is 6.58 Å². The maximum Gasteiger partial charge on any atom is 0.245 e. The highest BCUT2D eigenvalue weighted by molar-refractivity contribution is 6.66. The summed E-state index contributed by atoms with van der Waals surface area (Å²) in [5.41, 5.74) is 0.714. The number of ether oxygens (including phenoxy) is 1. The molecule has 0 amide bonds. The summed E-state index contributed by atoms with van der Waals surface area (Å²) in [6, 6.07) is 4.73. The number of phenolic OH excluding ortho intramolecular Hbond substituents is 1. The lowest BCUT2D eigenvalue weighted by Gasteiger charge is -2.06. The molecular weight excluding hydrogens is 228 g/mol. The average Bonchev–Trinajstić information content (AvgIpc) is 2.26. The van der Waals surface area contributed by atoms with E-state index in [9.17, 15) is 9.90 Å². The van der Waals surface area contributed by atoms with Crippen molar-refractivity contribution >= 4 is 22.9 Å². The molecule has 0 aliphatic heterocycles. The van der Waals surface area contributed by atoms with E-state index in [4.69, 9.17) is 16.3 Å². The molecule has 0 bridgehead atoms. The third-order valence-corrected chi connectivity index (χ3v) is 1.87. The number of hydrogen-bond acceptors (Lipinski definition) is 3. The number of aromatic hydroxyl groups is 1. The van der Waals surface area contributed by atoms with E-state index in [-0.39, 0.29) is 5.75 Å². The molecule has 4 heteroatoms. The zero-order chi connectivity index (χ0) is 12.0. The molecule has 1 aromatic carbocycles. The number of hydrogen-bond donors (Lipinski definition) is 1. The fraction of sp³-hybridized carbons (Fsp3) is 0.0833. The molecule has 0 spiro atoms. The highest BCUT2D eigenvalue weighted by atomic mass is 35.5. The Bertz CT molecular complexity index is 424. The Kier molecular flexibility index (Phi) is 4.61. The lowest BCUT2D eigenvalue weighted by molar-refractivity contribution is -0.107. The molecule has 1 aromatic rings. The molecule has 0 atom stereocenters. The second-order valence-corrected chi connectivity index (χ2v) is 3.34. The van der Waals surface area contributed by atoms with Crippen LogP contribution < -0.4 is 4.74 Å². The Morgan fingerprint density at radius 2 is 2.31 bits per heavy atom. The minimum Gasteiger partial charge on any atom is -0.504 e. The Morgan fingerprint density at radius 3 is 2.94 bits per heavy atom. The number of carbonyl (C=O) groups excluding carboxylic acids is 1. The van der Waals surface area contributed by atoms with Crippen LogP contribution in [-0.4, -0.2) is 17.0 Å². The van der Waals surface area contributed by atoms with Crippen molar-refractivity contribution < 1.29 is 14.6 Å². The SMILES string of the molecule is C=CCOc1cc(C=CC(=O)Cl)ccc1O. The topological polar surface area (TPSA) is 46.5 Å². The second kappa shape index (κ2) is 5.98. The molecule has 0 radical (unpaired) electrons. The Labute approximate surface area is 98.6 Å². The quantitative estimate of drug-likeness (QED) is 0.487. The first-order valence-corrected chi connectivity index (χ1v) is 4.95. The van der Waals surface area contributed by atoms with Crippen molar-refractivity contribution in [2.24, 2.45) is 0 Å². The van der Waals surface area contributed by atoms with Gasteiger partial charge in [-0.05, 0) is 35.4 Å². The molecule has 3 nitrogen and oxygen atoms in total. The Morgan fingerprint density at radius 1 is 1.56 bits per heavy atom. The van der Waals surface area contributed by atoms with Crippen molar-refractivity contribution in [3.05, 3.63) is 42.5 Å². The van der Waals surface area contributed by atoms with Crippen LogP contribution in [-0.2, 0) is 4.79 Å². The molecule has 0 saturated carbocycles. The van der Waals surface area contributed by atoms with Crippen LogP contribution in [0, 0.1) is 0 Å². The van der Waals surface area contributed by atoms with Gasteiger partial charge < -0.3 is 9.84 Å². The Hall–Kier alpha value is -1.74. The first-order chi connectivity index (χ1) is 7.63. The number of halogens is 1. The smallest absolute Gasteiger partial charge is 0.245 e. The lowest BCUT2D eigenvalue weighted by atomic mass is 10.2. The minimum absolute atomic E-state index is 0.0381. The second-order valence-electron chi connectivity index (χ2n) is 2.96. The molecule has 0 aliphatic carbocycles. The molecule has 0 fully saturated rings. The van der Waals surface area contributed by atoms with Gasteiger partial charge in [0.1, 0.15) is 6.61 Å². The van der Waals surface area contributed by atoms with Gasteiger partial charge in [-0.25, -0.2) is 0 Å². The van der Waals surface area contributed by atoms with E-state index < -0.39 is 5.24 Å². The molecule has 0 unspecified atom stereocenters. The molecule has 0 saturated heterocycles. The molecular formula is C12H11ClO3. The van der Waals surface area contributed by atoms with E-state index in [1.807, 2.05) is 0 Å². The van der Waals surface area contributed by atoms with Crippen LogP contribution >= 0.6 is 11.6 Å². The summed E-state index contributed by atoms with van der Waals surface area (Å²) in [6.45, 7) is 3.81. The number of benzene rings is 1. The van der Waals surface area contributed by atoms with Crippen molar-refractivity contribution in [3.63, 3.8) is 0 Å². The van der Waals surface area contributed by atoms with Gasteiger partial charge in [-0.2, -0.15) is 0 Å². The van der Waals surface area contributed by atoms with Gasteiger partial charge >= 0.3 is 0 Å². The zero-order valence-electron chi connectivity index (χ0n) is 8.52. The van der Waals surface area contributed by atoms with Gasteiger partial charge in [0.25, 0.3) is 0 Å². The minimum atomic E-state index is -0.554. The van der Waals surface area contributed by atoms with Gasteiger partial charge in [0.05, 0.1) is 0 Å². The summed E-state index contributed by atoms with van der Waals surface area (Å²) in [5.74, 6) is 0.375. The van der Waals surface area contributed by atoms with E-state index >= 15 is 0 Å². The molecule has 1 N–H and O–H groups in total. The summed E-state index contributed by atoms with van der Waals surface area (Å²) in [7, 11) is 0. The van der Waals surface area contributed by atoms with E-state index in [0.29, 0.717) is 17.9 Å².